The van der Waals surface area contributed by atoms with Crippen molar-refractivity contribution in [2.45, 2.75) is 13.0 Å². The lowest BCUT2D eigenvalue weighted by molar-refractivity contribution is 0.306. The third kappa shape index (κ3) is 1.52. The molecule has 2 heteroatoms. The summed E-state index contributed by atoms with van der Waals surface area (Å²) >= 11 is 0. The Kier molecular flexibility index (Phi) is 2.07. The van der Waals surface area contributed by atoms with Gasteiger partial charge in [-0.25, -0.2) is 0 Å². The predicted molar refractivity (Wildman–Crippen MR) is 61.7 cm³/mol. The van der Waals surface area contributed by atoms with Gasteiger partial charge >= 0.3 is 0 Å². The van der Waals surface area contributed by atoms with Gasteiger partial charge in [-0.1, -0.05) is 24.3 Å². The van der Waals surface area contributed by atoms with E-state index in [4.69, 9.17) is 4.74 Å². The molecule has 1 heterocycles. The second-order valence-corrected chi connectivity index (χ2v) is 4.03. The maximum Gasteiger partial charge on any atom is 0.123 e. The highest BCUT2D eigenvalue weighted by Gasteiger charge is 2.13. The molecular weight excluding hydrogens is 200 g/mol. The van der Waals surface area contributed by atoms with E-state index >= 15 is 0 Å². The molecule has 1 aliphatic rings. The van der Waals surface area contributed by atoms with Crippen LogP contribution in [0.5, 0.6) is 11.5 Å². The van der Waals surface area contributed by atoms with E-state index in [2.05, 4.69) is 12.1 Å². The lowest BCUT2D eigenvalue weighted by Gasteiger charge is -2.06. The summed E-state index contributed by atoms with van der Waals surface area (Å²) < 4.78 is 5.72. The first kappa shape index (κ1) is 9.28. The van der Waals surface area contributed by atoms with Crippen molar-refractivity contribution in [3.8, 4) is 11.5 Å². The van der Waals surface area contributed by atoms with Gasteiger partial charge in [0.2, 0.25) is 0 Å². The Bertz CT molecular complexity index is 532. The Balaban J connectivity index is 2.10. The quantitative estimate of drug-likeness (QED) is 0.727. The van der Waals surface area contributed by atoms with E-state index in [1.54, 1.807) is 12.1 Å². The molecule has 0 amide bonds. The molecule has 0 atom stereocenters. The Morgan fingerprint density at radius 2 is 1.75 bits per heavy atom. The molecule has 0 unspecified atom stereocenters. The summed E-state index contributed by atoms with van der Waals surface area (Å²) in [5, 5.41) is 9.47. The number of benzene rings is 2. The van der Waals surface area contributed by atoms with Crippen LogP contribution in [-0.4, -0.2) is 5.11 Å². The first-order valence-electron chi connectivity index (χ1n) is 5.34. The molecule has 0 fully saturated rings. The molecule has 0 spiro atoms. The van der Waals surface area contributed by atoms with Crippen LogP contribution >= 0.6 is 0 Å². The van der Waals surface area contributed by atoms with Gasteiger partial charge in [0.05, 0.1) is 0 Å². The van der Waals surface area contributed by atoms with Crippen molar-refractivity contribution in [2.75, 3.05) is 0 Å². The fraction of sp³-hybridized carbons (Fsp3) is 0.143. The second kappa shape index (κ2) is 3.56. The molecule has 80 valence electrons. The van der Waals surface area contributed by atoms with Gasteiger partial charge in [0, 0.05) is 12.0 Å². The largest absolute Gasteiger partial charge is 0.508 e. The van der Waals surface area contributed by atoms with Gasteiger partial charge in [-0.15, -0.1) is 0 Å². The molecule has 0 bridgehead atoms. The number of fused-ring (bicyclic) bond motifs is 2. The average molecular weight is 212 g/mol. The number of aromatic hydroxyl groups is 1. The van der Waals surface area contributed by atoms with Crippen LogP contribution in [0.4, 0.5) is 0 Å². The van der Waals surface area contributed by atoms with E-state index in [1.807, 2.05) is 18.2 Å². The minimum absolute atomic E-state index is 0.293. The number of phenolic OH excluding ortho intramolecular Hbond substituents is 1. The molecule has 2 nitrogen and oxygen atoms in total. The first-order chi connectivity index (χ1) is 7.83. The van der Waals surface area contributed by atoms with E-state index in [-0.39, 0.29) is 0 Å². The van der Waals surface area contributed by atoms with Crippen LogP contribution in [0.3, 0.4) is 0 Å². The van der Waals surface area contributed by atoms with Crippen LogP contribution in [0.1, 0.15) is 16.7 Å². The van der Waals surface area contributed by atoms with Gasteiger partial charge in [-0.3, -0.25) is 0 Å². The van der Waals surface area contributed by atoms with Crippen LogP contribution in [0, 0.1) is 0 Å². The number of phenols is 1. The zero-order valence-corrected chi connectivity index (χ0v) is 8.81. The standard InChI is InChI=1S/C14H12O2/c15-13-5-6-14-12(8-13)7-10-3-1-2-4-11(10)9-16-14/h1-6,8,15H,7,9H2. The zero-order valence-electron chi connectivity index (χ0n) is 8.81. The highest BCUT2D eigenvalue weighted by Crippen LogP contribution is 2.30. The highest BCUT2D eigenvalue weighted by atomic mass is 16.5. The van der Waals surface area contributed by atoms with Crippen LogP contribution in [0.15, 0.2) is 42.5 Å². The van der Waals surface area contributed by atoms with Crippen molar-refractivity contribution >= 4 is 0 Å². The maximum absolute atomic E-state index is 9.47. The lowest BCUT2D eigenvalue weighted by Crippen LogP contribution is -1.94. The summed E-state index contributed by atoms with van der Waals surface area (Å²) in [6, 6.07) is 13.5. The number of rotatable bonds is 0. The van der Waals surface area contributed by atoms with E-state index < -0.39 is 0 Å². The molecule has 3 rings (SSSR count). The third-order valence-corrected chi connectivity index (χ3v) is 2.93. The van der Waals surface area contributed by atoms with Crippen molar-refractivity contribution in [1.29, 1.82) is 0 Å². The fourth-order valence-corrected chi connectivity index (χ4v) is 2.08. The minimum atomic E-state index is 0.293. The van der Waals surface area contributed by atoms with E-state index in [0.717, 1.165) is 17.7 Å². The normalized spacial score (nSPS) is 13.2. The van der Waals surface area contributed by atoms with Gasteiger partial charge in [-0.2, -0.15) is 0 Å². The Hall–Kier alpha value is -1.96. The van der Waals surface area contributed by atoms with Gasteiger partial charge < -0.3 is 9.84 Å². The molecular formula is C14H12O2. The Morgan fingerprint density at radius 3 is 2.62 bits per heavy atom. The van der Waals surface area contributed by atoms with Crippen molar-refractivity contribution in [1.82, 2.24) is 0 Å². The predicted octanol–water partition coefficient (Wildman–Crippen LogP) is 2.88. The first-order valence-corrected chi connectivity index (χ1v) is 5.34. The Morgan fingerprint density at radius 1 is 0.938 bits per heavy atom. The highest BCUT2D eigenvalue weighted by molar-refractivity contribution is 5.45. The minimum Gasteiger partial charge on any atom is -0.508 e. The number of hydrogen-bond acceptors (Lipinski definition) is 2. The van der Waals surface area contributed by atoms with E-state index in [9.17, 15) is 5.11 Å². The molecule has 2 aromatic rings. The van der Waals surface area contributed by atoms with E-state index in [0.29, 0.717) is 12.4 Å². The molecule has 1 N–H and O–H groups in total. The zero-order chi connectivity index (χ0) is 11.0. The second-order valence-electron chi connectivity index (χ2n) is 4.03. The van der Waals surface area contributed by atoms with E-state index in [1.165, 1.54) is 11.1 Å². The average Bonchev–Trinajstić information content (AvgIpc) is 2.47. The molecule has 0 aromatic heterocycles. The Labute approximate surface area is 94.1 Å². The van der Waals surface area contributed by atoms with Gasteiger partial charge in [0.15, 0.2) is 0 Å². The maximum atomic E-state index is 9.47. The monoisotopic (exact) mass is 212 g/mol. The van der Waals surface area contributed by atoms with Crippen LogP contribution in [0.25, 0.3) is 0 Å². The summed E-state index contributed by atoms with van der Waals surface area (Å²) in [5.74, 6) is 1.16. The summed E-state index contributed by atoms with van der Waals surface area (Å²) in [6.07, 6.45) is 0.819. The van der Waals surface area contributed by atoms with Gasteiger partial charge in [0.1, 0.15) is 18.1 Å². The molecule has 2 aromatic carbocycles. The smallest absolute Gasteiger partial charge is 0.123 e. The molecule has 0 radical (unpaired) electrons. The summed E-state index contributed by atoms with van der Waals surface area (Å²) in [4.78, 5) is 0. The summed E-state index contributed by atoms with van der Waals surface area (Å²) in [6.45, 7) is 0.605. The molecule has 16 heavy (non-hydrogen) atoms. The van der Waals surface area contributed by atoms with Gasteiger partial charge in [0.25, 0.3) is 0 Å². The van der Waals surface area contributed by atoms with Crippen molar-refractivity contribution < 1.29 is 9.84 Å². The van der Waals surface area contributed by atoms with Crippen LogP contribution in [-0.2, 0) is 13.0 Å². The lowest BCUT2D eigenvalue weighted by atomic mass is 10.0. The van der Waals surface area contributed by atoms with Gasteiger partial charge in [-0.05, 0) is 29.3 Å². The molecule has 0 aliphatic carbocycles. The van der Waals surface area contributed by atoms with Crippen LogP contribution in [0.2, 0.25) is 0 Å². The fourth-order valence-electron chi connectivity index (χ4n) is 2.08. The SMILES string of the molecule is Oc1ccc2c(c1)Cc1ccccc1CO2. The number of ether oxygens (including phenoxy) is 1. The van der Waals surface area contributed by atoms with Crippen molar-refractivity contribution in [3.05, 3.63) is 59.2 Å². The topological polar surface area (TPSA) is 29.5 Å². The van der Waals surface area contributed by atoms with Crippen molar-refractivity contribution in [2.24, 2.45) is 0 Å². The van der Waals surface area contributed by atoms with Crippen LogP contribution < -0.4 is 4.74 Å². The molecule has 0 saturated heterocycles. The van der Waals surface area contributed by atoms with Crippen molar-refractivity contribution in [3.63, 3.8) is 0 Å². The molecule has 1 aliphatic heterocycles. The molecule has 0 saturated carbocycles. The summed E-state index contributed by atoms with van der Waals surface area (Å²) in [7, 11) is 0. The third-order valence-electron chi connectivity index (χ3n) is 2.93. The summed E-state index contributed by atoms with van der Waals surface area (Å²) in [5.41, 5.74) is 3.54. The number of hydrogen-bond donors (Lipinski definition) is 1.